The molecule has 0 aromatic heterocycles. The second-order valence-corrected chi connectivity index (χ2v) is 11.2. The number of nitrogens with one attached hydrogen (secondary N) is 1. The van der Waals surface area contributed by atoms with Gasteiger partial charge in [-0.1, -0.05) is 25.1 Å². The van der Waals surface area contributed by atoms with Crippen LogP contribution in [0.15, 0.2) is 47.4 Å². The molecule has 7 heteroatoms. The van der Waals surface area contributed by atoms with E-state index in [4.69, 9.17) is 0 Å². The fourth-order valence-electron chi connectivity index (χ4n) is 5.27. The summed E-state index contributed by atoms with van der Waals surface area (Å²) in [5.41, 5.74) is 3.72. The van der Waals surface area contributed by atoms with Crippen molar-refractivity contribution in [3.8, 4) is 0 Å². The zero-order valence-electron chi connectivity index (χ0n) is 18.3. The highest BCUT2D eigenvalue weighted by Crippen LogP contribution is 2.44. The Morgan fingerprint density at radius 1 is 1.23 bits per heavy atom. The van der Waals surface area contributed by atoms with Gasteiger partial charge in [0.15, 0.2) is 9.84 Å². The van der Waals surface area contributed by atoms with E-state index >= 15 is 0 Å². The molecule has 2 N–H and O–H groups in total. The van der Waals surface area contributed by atoms with Gasteiger partial charge in [0.2, 0.25) is 0 Å². The first-order chi connectivity index (χ1) is 14.6. The van der Waals surface area contributed by atoms with Crippen LogP contribution in [0.2, 0.25) is 0 Å². The number of carboxylic acid groups (broad SMARTS) is 1. The van der Waals surface area contributed by atoms with E-state index in [9.17, 15) is 18.3 Å². The lowest BCUT2D eigenvalue weighted by Crippen LogP contribution is -2.66. The SMILES string of the molecule is CN1CC[C@]2(C)c3cc(C(=O)O)ccc3C[C@@H]1[C@H]2NCCc1ccc(S(C)(=O)=O)cc1. The van der Waals surface area contributed by atoms with E-state index < -0.39 is 15.8 Å². The lowest BCUT2D eigenvalue weighted by Gasteiger charge is -2.55. The molecular weight excluding hydrogens is 412 g/mol. The Morgan fingerprint density at radius 2 is 1.94 bits per heavy atom. The molecule has 0 unspecified atom stereocenters. The van der Waals surface area contributed by atoms with E-state index in [0.29, 0.717) is 16.5 Å². The second kappa shape index (κ2) is 8.04. The molecule has 3 atom stereocenters. The van der Waals surface area contributed by atoms with E-state index in [1.54, 1.807) is 18.2 Å². The average molecular weight is 443 g/mol. The summed E-state index contributed by atoms with van der Waals surface area (Å²) in [6, 6.07) is 13.2. The van der Waals surface area contributed by atoms with Gasteiger partial charge >= 0.3 is 5.97 Å². The van der Waals surface area contributed by atoms with E-state index in [2.05, 4.69) is 24.2 Å². The van der Waals surface area contributed by atoms with Crippen molar-refractivity contribution in [3.05, 3.63) is 64.7 Å². The van der Waals surface area contributed by atoms with Crippen LogP contribution in [0.5, 0.6) is 0 Å². The molecule has 0 spiro atoms. The Labute approximate surface area is 184 Å². The van der Waals surface area contributed by atoms with Crippen LogP contribution in [-0.2, 0) is 28.1 Å². The molecule has 2 aliphatic rings. The summed E-state index contributed by atoms with van der Waals surface area (Å²) in [6.07, 6.45) is 3.89. The average Bonchev–Trinajstić information content (AvgIpc) is 2.72. The maximum absolute atomic E-state index is 11.7. The van der Waals surface area contributed by atoms with Gasteiger partial charge in [0.25, 0.3) is 0 Å². The summed E-state index contributed by atoms with van der Waals surface area (Å²) in [5.74, 6) is -0.886. The smallest absolute Gasteiger partial charge is 0.335 e. The Balaban J connectivity index is 1.54. The Hall–Kier alpha value is -2.22. The van der Waals surface area contributed by atoms with Gasteiger partial charge in [-0.3, -0.25) is 0 Å². The highest BCUT2D eigenvalue weighted by molar-refractivity contribution is 7.90. The maximum atomic E-state index is 11.7. The molecule has 2 bridgehead atoms. The Kier molecular flexibility index (Phi) is 5.70. The van der Waals surface area contributed by atoms with Crippen LogP contribution >= 0.6 is 0 Å². The van der Waals surface area contributed by atoms with Gasteiger partial charge in [-0.05, 0) is 80.4 Å². The first-order valence-corrected chi connectivity index (χ1v) is 12.6. The zero-order chi connectivity index (χ0) is 22.4. The van der Waals surface area contributed by atoms with E-state index in [-0.39, 0.29) is 11.5 Å². The van der Waals surface area contributed by atoms with Crippen molar-refractivity contribution in [1.29, 1.82) is 0 Å². The molecule has 1 saturated heterocycles. The van der Waals surface area contributed by atoms with Crippen molar-refractivity contribution >= 4 is 15.8 Å². The van der Waals surface area contributed by atoms with Crippen molar-refractivity contribution in [2.45, 2.75) is 48.6 Å². The number of likely N-dealkylation sites (N-methyl/N-ethyl adjacent to an activating group) is 1. The molecule has 0 saturated carbocycles. The summed E-state index contributed by atoms with van der Waals surface area (Å²) in [5, 5.41) is 13.2. The predicted octanol–water partition coefficient (Wildman–Crippen LogP) is 2.51. The minimum Gasteiger partial charge on any atom is -0.478 e. The molecule has 6 nitrogen and oxygen atoms in total. The highest BCUT2D eigenvalue weighted by atomic mass is 32.2. The third-order valence-electron chi connectivity index (χ3n) is 7.15. The second-order valence-electron chi connectivity index (χ2n) is 9.19. The third-order valence-corrected chi connectivity index (χ3v) is 8.28. The number of fused-ring (bicyclic) bond motifs is 4. The number of likely N-dealkylation sites (tertiary alicyclic amines) is 1. The van der Waals surface area contributed by atoms with Crippen LogP contribution < -0.4 is 5.32 Å². The minimum absolute atomic E-state index is 0.129. The molecule has 0 radical (unpaired) electrons. The van der Waals surface area contributed by atoms with Crippen LogP contribution in [0.1, 0.15) is 40.4 Å². The molecule has 2 aromatic rings. The normalized spacial score (nSPS) is 25.8. The molecule has 1 fully saturated rings. The largest absolute Gasteiger partial charge is 0.478 e. The fourth-order valence-corrected chi connectivity index (χ4v) is 5.90. The van der Waals surface area contributed by atoms with Gasteiger partial charge in [0.05, 0.1) is 10.5 Å². The number of carbonyl (C=O) groups is 1. The van der Waals surface area contributed by atoms with Crippen molar-refractivity contribution < 1.29 is 18.3 Å². The monoisotopic (exact) mass is 442 g/mol. The van der Waals surface area contributed by atoms with Gasteiger partial charge in [-0.15, -0.1) is 0 Å². The van der Waals surface area contributed by atoms with Crippen molar-refractivity contribution in [1.82, 2.24) is 10.2 Å². The van der Waals surface area contributed by atoms with Gasteiger partial charge in [0.1, 0.15) is 0 Å². The van der Waals surface area contributed by atoms with Crippen molar-refractivity contribution in [2.24, 2.45) is 0 Å². The lowest BCUT2D eigenvalue weighted by atomic mass is 9.61. The number of carboxylic acids is 1. The number of rotatable bonds is 6. The van der Waals surface area contributed by atoms with Gasteiger partial charge < -0.3 is 15.3 Å². The van der Waals surface area contributed by atoms with Crippen molar-refractivity contribution in [3.63, 3.8) is 0 Å². The van der Waals surface area contributed by atoms with E-state index in [1.165, 1.54) is 11.8 Å². The fraction of sp³-hybridized carbons (Fsp3) is 0.458. The standard InChI is InChI=1S/C24H30N2O4S/c1-24-11-13-26(2)21(15-17-6-7-18(23(27)28)14-20(17)24)22(24)25-12-10-16-4-8-19(9-5-16)31(3,29)30/h4-9,14,21-22,25H,10-13,15H2,1-3H3,(H,27,28)/t21-,22-,24-/m1/s1. The molecule has 1 heterocycles. The first kappa shape index (κ1) is 22.0. The molecule has 1 aliphatic heterocycles. The van der Waals surface area contributed by atoms with Crippen LogP contribution in [0.3, 0.4) is 0 Å². The third kappa shape index (κ3) is 4.14. The lowest BCUT2D eigenvalue weighted by molar-refractivity contribution is 0.0654. The molecule has 0 amide bonds. The van der Waals surface area contributed by atoms with Crippen LogP contribution in [0, 0.1) is 0 Å². The summed E-state index contributed by atoms with van der Waals surface area (Å²) >= 11 is 0. The number of hydrogen-bond donors (Lipinski definition) is 2. The van der Waals surface area contributed by atoms with E-state index in [1.807, 2.05) is 24.3 Å². The Bertz CT molecular complexity index is 1100. The van der Waals surface area contributed by atoms with Crippen LogP contribution in [0.4, 0.5) is 0 Å². The van der Waals surface area contributed by atoms with Crippen molar-refractivity contribution in [2.75, 3.05) is 26.4 Å². The minimum atomic E-state index is -3.18. The molecule has 4 rings (SSSR count). The quantitative estimate of drug-likeness (QED) is 0.715. The maximum Gasteiger partial charge on any atom is 0.335 e. The highest BCUT2D eigenvalue weighted by Gasteiger charge is 2.49. The predicted molar refractivity (Wildman–Crippen MR) is 121 cm³/mol. The first-order valence-electron chi connectivity index (χ1n) is 10.7. The number of hydrogen-bond acceptors (Lipinski definition) is 5. The summed E-state index contributed by atoms with van der Waals surface area (Å²) < 4.78 is 23.3. The number of nitrogens with zero attached hydrogens (tertiary/aromatic N) is 1. The van der Waals surface area contributed by atoms with Gasteiger partial charge in [-0.2, -0.15) is 0 Å². The molecule has 1 aliphatic carbocycles. The molecular formula is C24H30N2O4S. The van der Waals surface area contributed by atoms with Gasteiger partial charge in [0, 0.05) is 23.8 Å². The molecule has 31 heavy (non-hydrogen) atoms. The zero-order valence-corrected chi connectivity index (χ0v) is 19.1. The number of sulfone groups is 1. The number of aromatic carboxylic acids is 1. The number of piperidine rings is 1. The number of benzene rings is 2. The van der Waals surface area contributed by atoms with E-state index in [0.717, 1.165) is 43.5 Å². The summed E-state index contributed by atoms with van der Waals surface area (Å²) in [4.78, 5) is 14.3. The Morgan fingerprint density at radius 3 is 2.58 bits per heavy atom. The molecule has 166 valence electrons. The summed E-state index contributed by atoms with van der Waals surface area (Å²) in [6.45, 7) is 4.02. The topological polar surface area (TPSA) is 86.7 Å². The van der Waals surface area contributed by atoms with Crippen LogP contribution in [0.25, 0.3) is 0 Å². The molecule has 2 aromatic carbocycles. The van der Waals surface area contributed by atoms with Gasteiger partial charge in [-0.25, -0.2) is 13.2 Å². The summed E-state index contributed by atoms with van der Waals surface area (Å²) in [7, 11) is -1.02. The van der Waals surface area contributed by atoms with Crippen LogP contribution in [-0.4, -0.2) is 62.9 Å².